The second-order valence-corrected chi connectivity index (χ2v) is 4.57. The van der Waals surface area contributed by atoms with Crippen LogP contribution in [0.15, 0.2) is 18.2 Å². The van der Waals surface area contributed by atoms with Crippen LogP contribution in [0, 0.1) is 13.8 Å². The van der Waals surface area contributed by atoms with Crippen LogP contribution in [0.2, 0.25) is 0 Å². The van der Waals surface area contributed by atoms with Crippen molar-refractivity contribution in [2.45, 2.75) is 52.2 Å². The van der Waals surface area contributed by atoms with Crippen molar-refractivity contribution in [2.24, 2.45) is 0 Å². The predicted octanol–water partition coefficient (Wildman–Crippen LogP) is 2.89. The smallest absolute Gasteiger partial charge is 0.108 e. The Morgan fingerprint density at radius 1 is 1.19 bits per heavy atom. The first-order valence-corrected chi connectivity index (χ1v) is 5.92. The fraction of sp³-hybridized carbons (Fsp3) is 0.571. The van der Waals surface area contributed by atoms with Gasteiger partial charge in [-0.3, -0.25) is 0 Å². The normalized spacial score (nSPS) is 13.9. The van der Waals surface area contributed by atoms with E-state index in [-0.39, 0.29) is 0 Å². The minimum absolute atomic E-state index is 0.554. The molecule has 0 aromatic heterocycles. The first-order chi connectivity index (χ1) is 7.44. The number of aryl methyl sites for hydroxylation is 2. The first-order valence-electron chi connectivity index (χ1n) is 5.92. The average Bonchev–Trinajstić information content (AvgIpc) is 2.30. The Morgan fingerprint density at radius 2 is 1.75 bits per heavy atom. The van der Waals surface area contributed by atoms with E-state index in [9.17, 15) is 10.2 Å². The molecule has 2 N–H and O–H groups in total. The van der Waals surface area contributed by atoms with Crippen molar-refractivity contribution in [2.75, 3.05) is 0 Å². The number of rotatable bonds is 4. The summed E-state index contributed by atoms with van der Waals surface area (Å²) in [5, 5.41) is 20.6. The zero-order chi connectivity index (χ0) is 12.3. The maximum absolute atomic E-state index is 10.3. The Kier molecular flexibility index (Phi) is 4.11. The molecule has 0 fully saturated rings. The molecule has 2 nitrogen and oxygen atoms in total. The van der Waals surface area contributed by atoms with E-state index in [1.165, 1.54) is 0 Å². The van der Waals surface area contributed by atoms with E-state index in [1.807, 2.05) is 45.9 Å². The molecule has 0 radical (unpaired) electrons. The lowest BCUT2D eigenvalue weighted by Gasteiger charge is -2.32. The molecular formula is C14H22O2. The van der Waals surface area contributed by atoms with Gasteiger partial charge in [0.05, 0.1) is 5.60 Å². The minimum Gasteiger partial charge on any atom is -0.387 e. The summed E-state index contributed by atoms with van der Waals surface area (Å²) in [6.07, 6.45) is 0.304. The van der Waals surface area contributed by atoms with Crippen molar-refractivity contribution >= 4 is 0 Å². The second-order valence-electron chi connectivity index (χ2n) is 4.57. The second kappa shape index (κ2) is 4.98. The predicted molar refractivity (Wildman–Crippen MR) is 66.4 cm³/mol. The van der Waals surface area contributed by atoms with Crippen molar-refractivity contribution < 1.29 is 10.2 Å². The maximum atomic E-state index is 10.3. The number of benzene rings is 1. The first kappa shape index (κ1) is 13.2. The molecule has 1 aromatic carbocycles. The molecule has 1 unspecified atom stereocenters. The van der Waals surface area contributed by atoms with Crippen LogP contribution < -0.4 is 0 Å². The molecule has 16 heavy (non-hydrogen) atoms. The molecule has 0 amide bonds. The van der Waals surface area contributed by atoms with E-state index in [0.717, 1.165) is 16.7 Å². The summed E-state index contributed by atoms with van der Waals surface area (Å²) in [7, 11) is 0. The zero-order valence-corrected chi connectivity index (χ0v) is 10.6. The van der Waals surface area contributed by atoms with Crippen LogP contribution in [0.4, 0.5) is 0 Å². The van der Waals surface area contributed by atoms with E-state index in [0.29, 0.717) is 12.8 Å². The molecule has 0 heterocycles. The summed E-state index contributed by atoms with van der Waals surface area (Å²) in [5.74, 6) is 0. The third-order valence-electron chi connectivity index (χ3n) is 3.46. The van der Waals surface area contributed by atoms with Gasteiger partial charge in [0.15, 0.2) is 0 Å². The van der Waals surface area contributed by atoms with Gasteiger partial charge in [-0.05, 0) is 37.8 Å². The van der Waals surface area contributed by atoms with Gasteiger partial charge in [0.2, 0.25) is 0 Å². The van der Waals surface area contributed by atoms with Crippen molar-refractivity contribution in [3.8, 4) is 0 Å². The lowest BCUT2D eigenvalue weighted by Crippen LogP contribution is -2.35. The van der Waals surface area contributed by atoms with Gasteiger partial charge in [-0.15, -0.1) is 0 Å². The number of hydrogen-bond acceptors (Lipinski definition) is 2. The van der Waals surface area contributed by atoms with Crippen molar-refractivity contribution in [3.63, 3.8) is 0 Å². The van der Waals surface area contributed by atoms with Gasteiger partial charge in [-0.1, -0.05) is 37.6 Å². The highest BCUT2D eigenvalue weighted by Gasteiger charge is 2.33. The Morgan fingerprint density at radius 3 is 2.25 bits per heavy atom. The van der Waals surface area contributed by atoms with E-state index in [1.54, 1.807) is 0 Å². The van der Waals surface area contributed by atoms with Gasteiger partial charge < -0.3 is 10.2 Å². The number of hydrogen-bond donors (Lipinski definition) is 2. The lowest BCUT2D eigenvalue weighted by atomic mass is 9.84. The molecule has 0 saturated heterocycles. The molecule has 2 heteroatoms. The van der Waals surface area contributed by atoms with Crippen LogP contribution in [-0.2, 0) is 0 Å². The van der Waals surface area contributed by atoms with E-state index in [4.69, 9.17) is 0 Å². The Labute approximate surface area is 97.9 Å². The van der Waals surface area contributed by atoms with E-state index in [2.05, 4.69) is 0 Å². The Hall–Kier alpha value is -0.860. The summed E-state index contributed by atoms with van der Waals surface area (Å²) in [4.78, 5) is 0. The van der Waals surface area contributed by atoms with Crippen molar-refractivity contribution in [3.05, 3.63) is 34.9 Å². The lowest BCUT2D eigenvalue weighted by molar-refractivity contribution is -0.0823. The molecule has 0 aliphatic carbocycles. The largest absolute Gasteiger partial charge is 0.387 e. The fourth-order valence-corrected chi connectivity index (χ4v) is 1.98. The van der Waals surface area contributed by atoms with Gasteiger partial charge >= 0.3 is 0 Å². The third-order valence-corrected chi connectivity index (χ3v) is 3.46. The van der Waals surface area contributed by atoms with Crippen LogP contribution in [0.3, 0.4) is 0 Å². The highest BCUT2D eigenvalue weighted by Crippen LogP contribution is 2.33. The molecule has 90 valence electrons. The highest BCUT2D eigenvalue weighted by atomic mass is 16.3. The van der Waals surface area contributed by atoms with Crippen LogP contribution in [0.1, 0.15) is 49.5 Å². The summed E-state index contributed by atoms with van der Waals surface area (Å²) in [6.45, 7) is 7.76. The monoisotopic (exact) mass is 222 g/mol. The Bertz CT molecular complexity index is 354. The molecule has 0 saturated carbocycles. The number of aliphatic hydroxyl groups excluding tert-OH is 1. The van der Waals surface area contributed by atoms with Gasteiger partial charge in [0.25, 0.3) is 0 Å². The molecule has 0 aliphatic rings. The van der Waals surface area contributed by atoms with Crippen molar-refractivity contribution in [1.29, 1.82) is 0 Å². The molecule has 0 spiro atoms. The van der Waals surface area contributed by atoms with Crippen LogP contribution in [-0.4, -0.2) is 15.8 Å². The van der Waals surface area contributed by atoms with E-state index < -0.39 is 11.7 Å². The summed E-state index contributed by atoms with van der Waals surface area (Å²) >= 11 is 0. The summed E-state index contributed by atoms with van der Waals surface area (Å²) in [6, 6.07) is 5.96. The van der Waals surface area contributed by atoms with Crippen molar-refractivity contribution in [1.82, 2.24) is 0 Å². The van der Waals surface area contributed by atoms with Gasteiger partial charge in [0.1, 0.15) is 6.10 Å². The molecular weight excluding hydrogens is 200 g/mol. The standard InChI is InChI=1S/C14H22O2/c1-5-14(16,6-2)13(15)12-9-10(3)7-8-11(12)4/h7-9,13,15-16H,5-6H2,1-4H3. The molecule has 1 rings (SSSR count). The average molecular weight is 222 g/mol. The Balaban J connectivity index is 3.12. The maximum Gasteiger partial charge on any atom is 0.108 e. The van der Waals surface area contributed by atoms with E-state index >= 15 is 0 Å². The molecule has 0 aliphatic heterocycles. The molecule has 1 atom stereocenters. The minimum atomic E-state index is -1.02. The van der Waals surface area contributed by atoms with Gasteiger partial charge in [-0.25, -0.2) is 0 Å². The zero-order valence-electron chi connectivity index (χ0n) is 10.6. The van der Waals surface area contributed by atoms with Crippen LogP contribution >= 0.6 is 0 Å². The fourth-order valence-electron chi connectivity index (χ4n) is 1.98. The van der Waals surface area contributed by atoms with Crippen LogP contribution in [0.25, 0.3) is 0 Å². The summed E-state index contributed by atoms with van der Waals surface area (Å²) in [5.41, 5.74) is 1.96. The van der Waals surface area contributed by atoms with Gasteiger partial charge in [-0.2, -0.15) is 0 Å². The van der Waals surface area contributed by atoms with Gasteiger partial charge in [0, 0.05) is 0 Å². The highest BCUT2D eigenvalue weighted by molar-refractivity contribution is 5.33. The SMILES string of the molecule is CCC(O)(CC)C(O)c1cc(C)ccc1C. The van der Waals surface area contributed by atoms with Crippen LogP contribution in [0.5, 0.6) is 0 Å². The summed E-state index contributed by atoms with van der Waals surface area (Å²) < 4.78 is 0. The topological polar surface area (TPSA) is 40.5 Å². The molecule has 0 bridgehead atoms. The third kappa shape index (κ3) is 2.45. The molecule has 1 aromatic rings. The quantitative estimate of drug-likeness (QED) is 0.822. The number of aliphatic hydroxyl groups is 2.